The summed E-state index contributed by atoms with van der Waals surface area (Å²) in [5, 5.41) is 10.6. The first-order valence-corrected chi connectivity index (χ1v) is 13.4. The Morgan fingerprint density at radius 1 is 1.12 bits per heavy atom. The first kappa shape index (κ1) is 27.3. The fourth-order valence-electron chi connectivity index (χ4n) is 5.58. The number of halogens is 2. The number of allylic oxidation sites excluding steroid dienone is 3. The van der Waals surface area contributed by atoms with Gasteiger partial charge in [-0.1, -0.05) is 29.3 Å². The lowest BCUT2D eigenvalue weighted by molar-refractivity contribution is -0.116. The number of methoxy groups -OCH3 is 1. The Hall–Kier alpha value is -4.28. The van der Waals surface area contributed by atoms with Crippen LogP contribution in [0.5, 0.6) is 11.5 Å². The molecule has 8 heteroatoms. The molecule has 2 aliphatic rings. The highest BCUT2D eigenvalue weighted by molar-refractivity contribution is 6.32. The van der Waals surface area contributed by atoms with Gasteiger partial charge in [0.1, 0.15) is 29.7 Å². The Kier molecular flexibility index (Phi) is 7.55. The Bertz CT molecular complexity index is 1600. The lowest BCUT2D eigenvalue weighted by atomic mass is 9.73. The maximum atomic E-state index is 13.6. The van der Waals surface area contributed by atoms with Gasteiger partial charge in [0.2, 0.25) is 0 Å². The fourth-order valence-corrected chi connectivity index (χ4v) is 5.81. The number of aryl methyl sites for hydroxylation is 1. The molecule has 0 saturated heterocycles. The first-order valence-electron chi connectivity index (χ1n) is 13.0. The minimum absolute atomic E-state index is 0.0156. The molecule has 1 heterocycles. The number of hydrogen-bond acceptors (Lipinski definition) is 6. The molecule has 0 spiro atoms. The third-order valence-electron chi connectivity index (χ3n) is 7.53. The van der Waals surface area contributed by atoms with Crippen molar-refractivity contribution in [2.24, 2.45) is 5.73 Å². The lowest BCUT2D eigenvalue weighted by Gasteiger charge is -2.40. The summed E-state index contributed by atoms with van der Waals surface area (Å²) in [4.78, 5) is 15.4. The zero-order valence-corrected chi connectivity index (χ0v) is 23.3. The van der Waals surface area contributed by atoms with Crippen LogP contribution in [0.2, 0.25) is 5.02 Å². The molecular weight excluding hydrogens is 529 g/mol. The van der Waals surface area contributed by atoms with Gasteiger partial charge >= 0.3 is 0 Å². The number of rotatable bonds is 6. The molecule has 0 saturated carbocycles. The SMILES string of the molecule is COc1ccc(N2C(N)=C(C#N)C(c3cc(C)cc(COc4ccc(F)cc4Cl)c3C)C3=C2CCCC3=O)cc1. The summed E-state index contributed by atoms with van der Waals surface area (Å²) in [6, 6.07) is 17.7. The Morgan fingerprint density at radius 2 is 1.88 bits per heavy atom. The van der Waals surface area contributed by atoms with Crippen LogP contribution in [0.3, 0.4) is 0 Å². The molecule has 1 aliphatic carbocycles. The number of carbonyl (C=O) groups excluding carboxylic acids is 1. The number of ketones is 1. The molecule has 0 aromatic heterocycles. The molecule has 1 aliphatic heterocycles. The molecule has 0 bridgehead atoms. The van der Waals surface area contributed by atoms with Crippen molar-refractivity contribution in [3.63, 3.8) is 0 Å². The third kappa shape index (κ3) is 4.91. The second-order valence-electron chi connectivity index (χ2n) is 10.0. The molecule has 1 unspecified atom stereocenters. The number of anilines is 1. The predicted octanol–water partition coefficient (Wildman–Crippen LogP) is 6.99. The number of carbonyl (C=O) groups is 1. The number of Topliss-reactive ketones (excluding diaryl/α,β-unsaturated/α-hetero) is 1. The fraction of sp³-hybridized carbons (Fsp3) is 0.250. The van der Waals surface area contributed by atoms with Crippen LogP contribution >= 0.6 is 11.6 Å². The molecular formula is C32H29ClFN3O3. The quantitative estimate of drug-likeness (QED) is 0.351. The van der Waals surface area contributed by atoms with Crippen LogP contribution in [0.1, 0.15) is 47.4 Å². The first-order chi connectivity index (χ1) is 19.2. The van der Waals surface area contributed by atoms with Crippen molar-refractivity contribution < 1.29 is 18.7 Å². The summed E-state index contributed by atoms with van der Waals surface area (Å²) < 4.78 is 24.8. The average molecular weight is 558 g/mol. The minimum atomic E-state index is -0.602. The molecule has 6 nitrogen and oxygen atoms in total. The van der Waals surface area contributed by atoms with E-state index in [-0.39, 0.29) is 17.4 Å². The van der Waals surface area contributed by atoms with E-state index in [1.165, 1.54) is 18.2 Å². The van der Waals surface area contributed by atoms with Crippen LogP contribution < -0.4 is 20.1 Å². The van der Waals surface area contributed by atoms with Gasteiger partial charge in [-0.3, -0.25) is 9.69 Å². The average Bonchev–Trinajstić information content (AvgIpc) is 2.94. The number of hydrogen-bond donors (Lipinski definition) is 1. The minimum Gasteiger partial charge on any atom is -0.497 e. The molecule has 3 aromatic rings. The van der Waals surface area contributed by atoms with Gasteiger partial charge in [-0.15, -0.1) is 0 Å². The third-order valence-corrected chi connectivity index (χ3v) is 7.83. The van der Waals surface area contributed by atoms with Gasteiger partial charge in [-0.25, -0.2) is 4.39 Å². The monoisotopic (exact) mass is 557 g/mol. The van der Waals surface area contributed by atoms with E-state index in [1.54, 1.807) is 7.11 Å². The van der Waals surface area contributed by atoms with Gasteiger partial charge in [0.15, 0.2) is 5.78 Å². The van der Waals surface area contributed by atoms with E-state index in [9.17, 15) is 14.4 Å². The predicted molar refractivity (Wildman–Crippen MR) is 153 cm³/mol. The number of nitriles is 1. The number of ether oxygens (including phenoxy) is 2. The largest absolute Gasteiger partial charge is 0.497 e. The molecule has 1 atom stereocenters. The molecule has 0 fully saturated rings. The van der Waals surface area contributed by atoms with E-state index in [1.807, 2.05) is 55.1 Å². The zero-order valence-electron chi connectivity index (χ0n) is 22.6. The van der Waals surface area contributed by atoms with Gasteiger partial charge in [0, 0.05) is 23.4 Å². The van der Waals surface area contributed by atoms with Crippen LogP contribution in [-0.2, 0) is 11.4 Å². The second-order valence-corrected chi connectivity index (χ2v) is 10.4. The van der Waals surface area contributed by atoms with Crippen LogP contribution in [0.25, 0.3) is 0 Å². The lowest BCUT2D eigenvalue weighted by Crippen LogP contribution is -2.39. The number of benzene rings is 3. The van der Waals surface area contributed by atoms with Crippen LogP contribution in [0.15, 0.2) is 77.3 Å². The van der Waals surface area contributed by atoms with Crippen molar-refractivity contribution in [3.05, 3.63) is 110 Å². The van der Waals surface area contributed by atoms with Gasteiger partial charge in [-0.05, 0) is 85.8 Å². The number of nitrogens with zero attached hydrogens (tertiary/aromatic N) is 2. The second kappa shape index (κ2) is 11.1. The highest BCUT2D eigenvalue weighted by Crippen LogP contribution is 2.47. The van der Waals surface area contributed by atoms with Gasteiger partial charge in [-0.2, -0.15) is 5.26 Å². The zero-order chi connectivity index (χ0) is 28.6. The topological polar surface area (TPSA) is 88.6 Å². The Balaban J connectivity index is 1.61. The Morgan fingerprint density at radius 3 is 2.55 bits per heavy atom. The summed E-state index contributed by atoms with van der Waals surface area (Å²) in [5.74, 6) is 0.345. The van der Waals surface area contributed by atoms with Crippen LogP contribution in [-0.4, -0.2) is 12.9 Å². The normalized spacial score (nSPS) is 17.1. The summed E-state index contributed by atoms with van der Waals surface area (Å²) in [5.41, 5.74) is 12.8. The van der Waals surface area contributed by atoms with E-state index >= 15 is 0 Å². The summed E-state index contributed by atoms with van der Waals surface area (Å²) in [6.07, 6.45) is 1.78. The summed E-state index contributed by atoms with van der Waals surface area (Å²) in [7, 11) is 1.60. The van der Waals surface area contributed by atoms with Crippen molar-refractivity contribution in [3.8, 4) is 17.6 Å². The van der Waals surface area contributed by atoms with Crippen LogP contribution in [0.4, 0.5) is 10.1 Å². The van der Waals surface area contributed by atoms with Gasteiger partial charge in [0.25, 0.3) is 0 Å². The molecule has 0 amide bonds. The van der Waals surface area contributed by atoms with Crippen molar-refractivity contribution in [2.45, 2.75) is 45.6 Å². The van der Waals surface area contributed by atoms with Crippen molar-refractivity contribution in [2.75, 3.05) is 12.0 Å². The van der Waals surface area contributed by atoms with E-state index in [4.69, 9.17) is 26.8 Å². The molecule has 0 radical (unpaired) electrons. The molecule has 204 valence electrons. The van der Waals surface area contributed by atoms with Crippen LogP contribution in [0, 0.1) is 31.0 Å². The Labute approximate surface area is 238 Å². The summed E-state index contributed by atoms with van der Waals surface area (Å²) in [6.45, 7) is 4.09. The van der Waals surface area contributed by atoms with Gasteiger partial charge < -0.3 is 15.2 Å². The van der Waals surface area contributed by atoms with E-state index in [0.29, 0.717) is 47.7 Å². The maximum Gasteiger partial charge on any atom is 0.161 e. The highest BCUT2D eigenvalue weighted by atomic mass is 35.5. The standard InChI is InChI=1S/C32H29ClFN3O3/c1-18-13-20(17-40-29-12-7-21(34)15-26(29)33)19(2)24(14-18)30-25(16-35)32(36)37(22-8-10-23(39-3)11-9-22)27-5-4-6-28(38)31(27)30/h7-15,30H,4-6,17,36H2,1-3H3. The van der Waals surface area contributed by atoms with Crippen molar-refractivity contribution >= 4 is 23.1 Å². The number of nitrogens with two attached hydrogens (primary N) is 1. The maximum absolute atomic E-state index is 13.6. The van der Waals surface area contributed by atoms with E-state index < -0.39 is 11.7 Å². The molecule has 5 rings (SSSR count). The van der Waals surface area contributed by atoms with E-state index in [0.717, 1.165) is 33.6 Å². The molecule has 3 aromatic carbocycles. The molecule has 40 heavy (non-hydrogen) atoms. The van der Waals surface area contributed by atoms with Crippen molar-refractivity contribution in [1.29, 1.82) is 5.26 Å². The highest BCUT2D eigenvalue weighted by Gasteiger charge is 2.41. The summed E-state index contributed by atoms with van der Waals surface area (Å²) >= 11 is 6.17. The van der Waals surface area contributed by atoms with Gasteiger partial charge in [0.05, 0.1) is 29.7 Å². The smallest absolute Gasteiger partial charge is 0.161 e. The molecule has 2 N–H and O–H groups in total. The van der Waals surface area contributed by atoms with E-state index in [2.05, 4.69) is 6.07 Å². The van der Waals surface area contributed by atoms with Crippen molar-refractivity contribution in [1.82, 2.24) is 0 Å².